The van der Waals surface area contributed by atoms with Crippen molar-refractivity contribution in [1.29, 1.82) is 0 Å². The molecule has 5 heteroatoms. The zero-order chi connectivity index (χ0) is 16.2. The Hall–Kier alpha value is -2.27. The van der Waals surface area contributed by atoms with Crippen LogP contribution in [0.15, 0.2) is 40.8 Å². The first-order chi connectivity index (χ1) is 11.1. The molecule has 2 aromatic rings. The summed E-state index contributed by atoms with van der Waals surface area (Å²) < 4.78 is 11.2. The van der Waals surface area contributed by atoms with Crippen LogP contribution < -0.4 is 10.1 Å². The van der Waals surface area contributed by atoms with E-state index in [0.717, 1.165) is 29.3 Å². The summed E-state index contributed by atoms with van der Waals surface area (Å²) in [5.41, 5.74) is 1.05. The minimum absolute atomic E-state index is 0.0116. The van der Waals surface area contributed by atoms with E-state index in [9.17, 15) is 4.79 Å². The van der Waals surface area contributed by atoms with Gasteiger partial charge >= 0.3 is 0 Å². The van der Waals surface area contributed by atoms with Crippen LogP contribution in [-0.4, -0.2) is 31.0 Å². The highest BCUT2D eigenvalue weighted by molar-refractivity contribution is 5.78. The van der Waals surface area contributed by atoms with Gasteiger partial charge < -0.3 is 14.5 Å². The van der Waals surface area contributed by atoms with Crippen LogP contribution in [0, 0.1) is 6.92 Å². The van der Waals surface area contributed by atoms with E-state index < -0.39 is 0 Å². The molecule has 0 saturated carbocycles. The molecule has 1 unspecified atom stereocenters. The molecular weight excluding hydrogens is 292 g/mol. The number of nitrogens with one attached hydrogen (secondary N) is 1. The number of furan rings is 1. The average molecular weight is 314 g/mol. The Morgan fingerprint density at radius 2 is 2.13 bits per heavy atom. The Morgan fingerprint density at radius 3 is 2.91 bits per heavy atom. The first-order valence-electron chi connectivity index (χ1n) is 7.87. The third-order valence-electron chi connectivity index (χ3n) is 3.93. The lowest BCUT2D eigenvalue weighted by atomic mass is 10.0. The number of likely N-dealkylation sites (N-methyl/N-ethyl adjacent to an activating group) is 1. The molecule has 23 heavy (non-hydrogen) atoms. The largest absolute Gasteiger partial charge is 0.493 e. The van der Waals surface area contributed by atoms with E-state index in [1.165, 1.54) is 0 Å². The highest BCUT2D eigenvalue weighted by Gasteiger charge is 2.22. The van der Waals surface area contributed by atoms with E-state index in [0.29, 0.717) is 19.7 Å². The summed E-state index contributed by atoms with van der Waals surface area (Å²) >= 11 is 0. The third kappa shape index (κ3) is 3.93. The van der Waals surface area contributed by atoms with Crippen molar-refractivity contribution in [2.75, 3.05) is 20.2 Å². The van der Waals surface area contributed by atoms with E-state index in [2.05, 4.69) is 5.32 Å². The molecule has 1 amide bonds. The van der Waals surface area contributed by atoms with Crippen molar-refractivity contribution in [2.24, 2.45) is 0 Å². The number of carbonyl (C=O) groups excluding carboxylic acids is 1. The number of nitrogens with zero attached hydrogens (tertiary/aromatic N) is 1. The predicted octanol–water partition coefficient (Wildman–Crippen LogP) is 2.66. The molecular formula is C18H22N2O3. The lowest BCUT2D eigenvalue weighted by molar-refractivity contribution is -0.123. The van der Waals surface area contributed by atoms with Gasteiger partial charge in [0.1, 0.15) is 17.3 Å². The maximum absolute atomic E-state index is 12.3. The number of para-hydroxylation sites is 1. The van der Waals surface area contributed by atoms with E-state index in [1.807, 2.05) is 55.3 Å². The van der Waals surface area contributed by atoms with Gasteiger partial charge in [-0.15, -0.1) is 0 Å². The molecule has 1 aromatic carbocycles. The second-order valence-electron chi connectivity index (χ2n) is 5.98. The number of hydrogen-bond acceptors (Lipinski definition) is 4. The van der Waals surface area contributed by atoms with Crippen LogP contribution in [0.3, 0.4) is 0 Å². The van der Waals surface area contributed by atoms with Crippen LogP contribution in [0.5, 0.6) is 5.75 Å². The van der Waals surface area contributed by atoms with Gasteiger partial charge in [-0.05, 0) is 32.2 Å². The van der Waals surface area contributed by atoms with Crippen molar-refractivity contribution in [3.05, 3.63) is 53.5 Å². The van der Waals surface area contributed by atoms with E-state index in [-0.39, 0.29) is 11.9 Å². The number of benzene rings is 1. The molecule has 0 bridgehead atoms. The lowest BCUT2D eigenvalue weighted by Crippen LogP contribution is -2.38. The highest BCUT2D eigenvalue weighted by atomic mass is 16.5. The Bertz CT molecular complexity index is 680. The summed E-state index contributed by atoms with van der Waals surface area (Å²) in [5, 5.41) is 3.11. The molecule has 2 heterocycles. The zero-order valence-corrected chi connectivity index (χ0v) is 13.5. The van der Waals surface area contributed by atoms with Gasteiger partial charge in [0, 0.05) is 12.0 Å². The minimum atomic E-state index is 0.0116. The molecule has 1 aromatic heterocycles. The van der Waals surface area contributed by atoms with Crippen LogP contribution in [0.1, 0.15) is 29.5 Å². The smallest absolute Gasteiger partial charge is 0.234 e. The molecule has 3 rings (SSSR count). The molecule has 1 atom stereocenters. The lowest BCUT2D eigenvalue weighted by Gasteiger charge is -2.27. The van der Waals surface area contributed by atoms with Gasteiger partial charge in [0.2, 0.25) is 5.91 Å². The highest BCUT2D eigenvalue weighted by Crippen LogP contribution is 2.31. The van der Waals surface area contributed by atoms with E-state index >= 15 is 0 Å². The van der Waals surface area contributed by atoms with Gasteiger partial charge in [0.15, 0.2) is 0 Å². The fourth-order valence-electron chi connectivity index (χ4n) is 2.87. The molecule has 5 nitrogen and oxygen atoms in total. The number of amides is 1. The number of carbonyl (C=O) groups is 1. The topological polar surface area (TPSA) is 54.7 Å². The summed E-state index contributed by atoms with van der Waals surface area (Å²) in [4.78, 5) is 14.2. The van der Waals surface area contributed by atoms with Crippen molar-refractivity contribution in [3.8, 4) is 5.75 Å². The fourth-order valence-corrected chi connectivity index (χ4v) is 2.87. The van der Waals surface area contributed by atoms with Crippen molar-refractivity contribution >= 4 is 5.91 Å². The first-order valence-corrected chi connectivity index (χ1v) is 7.87. The molecule has 1 aliphatic heterocycles. The summed E-state index contributed by atoms with van der Waals surface area (Å²) in [6.45, 7) is 3.49. The predicted molar refractivity (Wildman–Crippen MR) is 87.2 cm³/mol. The quantitative estimate of drug-likeness (QED) is 0.922. The third-order valence-corrected chi connectivity index (χ3v) is 3.93. The number of fused-ring (bicyclic) bond motifs is 1. The fraction of sp³-hybridized carbons (Fsp3) is 0.389. The maximum Gasteiger partial charge on any atom is 0.234 e. The Morgan fingerprint density at radius 1 is 1.30 bits per heavy atom. The van der Waals surface area contributed by atoms with E-state index in [4.69, 9.17) is 9.15 Å². The molecule has 0 spiro atoms. The Labute approximate surface area is 136 Å². The second kappa shape index (κ2) is 6.87. The summed E-state index contributed by atoms with van der Waals surface area (Å²) in [6.07, 6.45) is 0.795. The van der Waals surface area contributed by atoms with Crippen LogP contribution in [0.2, 0.25) is 0 Å². The van der Waals surface area contributed by atoms with Gasteiger partial charge in [0.05, 0.1) is 25.7 Å². The van der Waals surface area contributed by atoms with Gasteiger partial charge in [-0.2, -0.15) is 0 Å². The van der Waals surface area contributed by atoms with Crippen LogP contribution in [0.25, 0.3) is 0 Å². The van der Waals surface area contributed by atoms with Gasteiger partial charge in [-0.3, -0.25) is 9.69 Å². The summed E-state index contributed by atoms with van der Waals surface area (Å²) in [6, 6.07) is 11.8. The van der Waals surface area contributed by atoms with Crippen molar-refractivity contribution < 1.29 is 13.9 Å². The summed E-state index contributed by atoms with van der Waals surface area (Å²) in [5.74, 6) is 2.63. The van der Waals surface area contributed by atoms with Crippen molar-refractivity contribution in [3.63, 3.8) is 0 Å². The molecule has 1 N–H and O–H groups in total. The SMILES string of the molecule is Cc1ccc(CN(C)CC(=O)NC2CCOc3ccccc32)o1. The molecule has 1 aliphatic rings. The molecule has 0 saturated heterocycles. The normalized spacial score (nSPS) is 16.7. The second-order valence-corrected chi connectivity index (χ2v) is 5.98. The van der Waals surface area contributed by atoms with Gasteiger partial charge in [-0.1, -0.05) is 18.2 Å². The van der Waals surface area contributed by atoms with Crippen LogP contribution in [0.4, 0.5) is 0 Å². The minimum Gasteiger partial charge on any atom is -0.493 e. The van der Waals surface area contributed by atoms with Gasteiger partial charge in [-0.25, -0.2) is 0 Å². The molecule has 0 radical (unpaired) electrons. The van der Waals surface area contributed by atoms with Crippen molar-refractivity contribution in [1.82, 2.24) is 10.2 Å². The average Bonchev–Trinajstić information content (AvgIpc) is 2.92. The monoisotopic (exact) mass is 314 g/mol. The van der Waals surface area contributed by atoms with E-state index in [1.54, 1.807) is 0 Å². The number of aryl methyl sites for hydroxylation is 1. The number of rotatable bonds is 5. The standard InChI is InChI=1S/C18H22N2O3/c1-13-7-8-14(23-13)11-20(2)12-18(21)19-16-9-10-22-17-6-4-3-5-15(16)17/h3-8,16H,9-12H2,1-2H3,(H,19,21). The Kier molecular flexibility index (Phi) is 4.67. The van der Waals surface area contributed by atoms with Crippen LogP contribution >= 0.6 is 0 Å². The number of hydrogen-bond donors (Lipinski definition) is 1. The van der Waals surface area contributed by atoms with Crippen LogP contribution in [-0.2, 0) is 11.3 Å². The summed E-state index contributed by atoms with van der Waals surface area (Å²) in [7, 11) is 1.91. The molecule has 0 aliphatic carbocycles. The van der Waals surface area contributed by atoms with Gasteiger partial charge in [0.25, 0.3) is 0 Å². The molecule has 122 valence electrons. The number of ether oxygens (including phenoxy) is 1. The zero-order valence-electron chi connectivity index (χ0n) is 13.5. The first kappa shape index (κ1) is 15.6. The van der Waals surface area contributed by atoms with Crippen molar-refractivity contribution in [2.45, 2.75) is 25.9 Å². The Balaban J connectivity index is 1.55. The molecule has 0 fully saturated rings. The maximum atomic E-state index is 12.3.